The maximum Gasteiger partial charge on any atom is 0.234 e. The molecule has 33 heavy (non-hydrogen) atoms. The maximum atomic E-state index is 13.8. The van der Waals surface area contributed by atoms with Gasteiger partial charge in [0.05, 0.1) is 22.3 Å². The fraction of sp³-hybridized carbons (Fsp3) is 0.292. The second-order valence-corrected chi connectivity index (χ2v) is 9.09. The summed E-state index contributed by atoms with van der Waals surface area (Å²) < 4.78 is 15.0. The number of nitrogens with zero attached hydrogens (tertiary/aromatic N) is 5. The molecule has 5 rings (SSSR count). The van der Waals surface area contributed by atoms with Crippen molar-refractivity contribution in [1.29, 1.82) is 0 Å². The van der Waals surface area contributed by atoms with Crippen LogP contribution in [0, 0.1) is 11.7 Å². The van der Waals surface area contributed by atoms with Crippen molar-refractivity contribution in [3.63, 3.8) is 0 Å². The average Bonchev–Trinajstić information content (AvgIpc) is 3.28. The highest BCUT2D eigenvalue weighted by molar-refractivity contribution is 6.42. The van der Waals surface area contributed by atoms with Gasteiger partial charge in [-0.15, -0.1) is 0 Å². The Kier molecular flexibility index (Phi) is 5.85. The van der Waals surface area contributed by atoms with Gasteiger partial charge >= 0.3 is 0 Å². The first kappa shape index (κ1) is 21.9. The average molecular weight is 486 g/mol. The van der Waals surface area contributed by atoms with Crippen LogP contribution in [0.3, 0.4) is 0 Å². The smallest absolute Gasteiger partial charge is 0.234 e. The number of fused-ring (bicyclic) bond motifs is 1. The normalized spacial score (nSPS) is 20.4. The van der Waals surface area contributed by atoms with Gasteiger partial charge in [-0.2, -0.15) is 5.10 Å². The molecule has 1 aromatic heterocycles. The van der Waals surface area contributed by atoms with Crippen molar-refractivity contribution in [3.8, 4) is 0 Å². The van der Waals surface area contributed by atoms with Crippen LogP contribution in [0.15, 0.2) is 59.7 Å². The lowest BCUT2D eigenvalue weighted by atomic mass is 9.87. The van der Waals surface area contributed by atoms with E-state index in [-0.39, 0.29) is 17.8 Å². The molecule has 0 aliphatic carbocycles. The van der Waals surface area contributed by atoms with Crippen LogP contribution in [0.1, 0.15) is 18.5 Å². The van der Waals surface area contributed by atoms with Crippen molar-refractivity contribution in [2.45, 2.75) is 13.0 Å². The number of aromatic nitrogens is 2. The molecule has 3 heterocycles. The molecule has 2 aromatic carbocycles. The highest BCUT2D eigenvalue weighted by Gasteiger charge is 2.40. The second kappa shape index (κ2) is 8.80. The van der Waals surface area contributed by atoms with Crippen LogP contribution in [0.4, 0.5) is 15.9 Å². The predicted molar refractivity (Wildman–Crippen MR) is 128 cm³/mol. The number of aliphatic imine (C=N–C) groups is 1. The van der Waals surface area contributed by atoms with Crippen molar-refractivity contribution in [2.24, 2.45) is 10.9 Å². The largest absolute Gasteiger partial charge is 0.368 e. The summed E-state index contributed by atoms with van der Waals surface area (Å²) in [5, 5.41) is 5.35. The molecule has 6 nitrogen and oxygen atoms in total. The standard InChI is InChI=1S/C24H22Cl2FN5O/c1-15-22(24(33)31-12-10-30(11-13-31)18-5-3-17(27)4-6-18)23(32-21(29-15)8-9-28-32)16-2-7-19(25)20(26)14-16/h2-9,14,22-23H,10-13H2,1H3/t22?,23-/m1/s1. The number of benzene rings is 2. The first-order valence-electron chi connectivity index (χ1n) is 10.8. The molecule has 1 amide bonds. The van der Waals surface area contributed by atoms with Crippen LogP contribution >= 0.6 is 23.2 Å². The Bertz CT molecular complexity index is 1220. The highest BCUT2D eigenvalue weighted by atomic mass is 35.5. The predicted octanol–water partition coefficient (Wildman–Crippen LogP) is 4.99. The Morgan fingerprint density at radius 1 is 1.00 bits per heavy atom. The van der Waals surface area contributed by atoms with Crippen LogP contribution < -0.4 is 4.90 Å². The summed E-state index contributed by atoms with van der Waals surface area (Å²) in [4.78, 5) is 22.5. The molecule has 3 aromatic rings. The molecule has 1 saturated heterocycles. The highest BCUT2D eigenvalue weighted by Crippen LogP contribution is 2.39. The lowest BCUT2D eigenvalue weighted by Gasteiger charge is -2.40. The van der Waals surface area contributed by atoms with Gasteiger partial charge in [0.15, 0.2) is 5.82 Å². The van der Waals surface area contributed by atoms with Crippen LogP contribution in [0.25, 0.3) is 0 Å². The molecule has 0 spiro atoms. The van der Waals surface area contributed by atoms with Crippen LogP contribution in [-0.4, -0.2) is 52.5 Å². The number of rotatable bonds is 3. The Hall–Kier alpha value is -2.90. The van der Waals surface area contributed by atoms with E-state index in [9.17, 15) is 9.18 Å². The van der Waals surface area contributed by atoms with Gasteiger partial charge in [0.25, 0.3) is 0 Å². The number of piperazine rings is 1. The fourth-order valence-corrected chi connectivity index (χ4v) is 4.91. The van der Waals surface area contributed by atoms with Crippen molar-refractivity contribution in [3.05, 3.63) is 76.2 Å². The van der Waals surface area contributed by atoms with Crippen LogP contribution in [-0.2, 0) is 4.79 Å². The van der Waals surface area contributed by atoms with Crippen molar-refractivity contribution in [1.82, 2.24) is 14.7 Å². The third-order valence-corrected chi connectivity index (χ3v) is 7.04. The zero-order valence-corrected chi connectivity index (χ0v) is 19.5. The van der Waals surface area contributed by atoms with Gasteiger partial charge in [-0.25, -0.2) is 14.1 Å². The van der Waals surface area contributed by atoms with Crippen molar-refractivity contribution < 1.29 is 9.18 Å². The molecule has 1 fully saturated rings. The second-order valence-electron chi connectivity index (χ2n) is 8.27. The number of anilines is 1. The van der Waals surface area contributed by atoms with Gasteiger partial charge in [-0.3, -0.25) is 4.79 Å². The van der Waals surface area contributed by atoms with Gasteiger partial charge in [-0.1, -0.05) is 29.3 Å². The summed E-state index contributed by atoms with van der Waals surface area (Å²) in [7, 11) is 0. The molecule has 9 heteroatoms. The minimum absolute atomic E-state index is 0.00669. The number of carbonyl (C=O) groups excluding carboxylic acids is 1. The number of halogens is 3. The van der Waals surface area contributed by atoms with Crippen LogP contribution in [0.2, 0.25) is 10.0 Å². The molecule has 170 valence electrons. The monoisotopic (exact) mass is 485 g/mol. The van der Waals surface area contributed by atoms with Gasteiger partial charge in [0, 0.05) is 43.6 Å². The van der Waals surface area contributed by atoms with Gasteiger partial charge in [-0.05, 0) is 48.9 Å². The zero-order chi connectivity index (χ0) is 23.1. The third-order valence-electron chi connectivity index (χ3n) is 6.30. The Balaban J connectivity index is 1.41. The fourth-order valence-electron chi connectivity index (χ4n) is 4.61. The number of hydrogen-bond acceptors (Lipinski definition) is 4. The van der Waals surface area contributed by atoms with E-state index >= 15 is 0 Å². The molecule has 0 bridgehead atoms. The molecule has 0 N–H and O–H groups in total. The van der Waals surface area contributed by atoms with E-state index in [1.54, 1.807) is 35.1 Å². The molecular formula is C24H22Cl2FN5O. The summed E-state index contributed by atoms with van der Waals surface area (Å²) >= 11 is 12.5. The maximum absolute atomic E-state index is 13.8. The van der Waals surface area contributed by atoms with E-state index in [0.29, 0.717) is 42.0 Å². The first-order chi connectivity index (χ1) is 15.9. The SMILES string of the molecule is CC1=Nc2ccnn2[C@H](c2ccc(Cl)c(Cl)c2)C1C(=O)N1CCN(c2ccc(F)cc2)CC1. The van der Waals surface area contributed by atoms with E-state index in [4.69, 9.17) is 23.2 Å². The zero-order valence-electron chi connectivity index (χ0n) is 18.0. The molecule has 1 unspecified atom stereocenters. The minimum Gasteiger partial charge on any atom is -0.368 e. The molecule has 2 aliphatic rings. The van der Waals surface area contributed by atoms with E-state index in [0.717, 1.165) is 17.0 Å². The Morgan fingerprint density at radius 3 is 2.42 bits per heavy atom. The Labute approximate surface area is 201 Å². The topological polar surface area (TPSA) is 53.7 Å². The number of hydrogen-bond donors (Lipinski definition) is 0. The van der Waals surface area contributed by atoms with Crippen LogP contribution in [0.5, 0.6) is 0 Å². The summed E-state index contributed by atoms with van der Waals surface area (Å²) in [5.41, 5.74) is 2.55. The quantitative estimate of drug-likeness (QED) is 0.524. The number of carbonyl (C=O) groups is 1. The number of amides is 1. The summed E-state index contributed by atoms with van der Waals surface area (Å²) in [6.07, 6.45) is 1.69. The van der Waals surface area contributed by atoms with Gasteiger partial charge in [0.1, 0.15) is 11.7 Å². The molecular weight excluding hydrogens is 464 g/mol. The lowest BCUT2D eigenvalue weighted by Crippen LogP contribution is -2.53. The summed E-state index contributed by atoms with van der Waals surface area (Å²) in [5.74, 6) is -0.0565. The van der Waals surface area contributed by atoms with Gasteiger partial charge in [0.2, 0.25) is 5.91 Å². The Morgan fingerprint density at radius 2 is 1.73 bits per heavy atom. The van der Waals surface area contributed by atoms with Gasteiger partial charge < -0.3 is 9.80 Å². The minimum atomic E-state index is -0.507. The van der Waals surface area contributed by atoms with E-state index < -0.39 is 5.92 Å². The van der Waals surface area contributed by atoms with Crippen molar-refractivity contribution in [2.75, 3.05) is 31.1 Å². The van der Waals surface area contributed by atoms with E-state index in [1.165, 1.54) is 12.1 Å². The summed E-state index contributed by atoms with van der Waals surface area (Å²) in [6.45, 7) is 4.37. The first-order valence-corrected chi connectivity index (χ1v) is 11.5. The molecule has 0 saturated carbocycles. The third kappa shape index (κ3) is 4.11. The van der Waals surface area contributed by atoms with E-state index in [2.05, 4.69) is 15.0 Å². The molecule has 0 radical (unpaired) electrons. The molecule has 2 atom stereocenters. The van der Waals surface area contributed by atoms with Crippen molar-refractivity contribution >= 4 is 46.3 Å². The van der Waals surface area contributed by atoms with E-state index in [1.807, 2.05) is 24.0 Å². The molecule has 2 aliphatic heterocycles. The summed E-state index contributed by atoms with van der Waals surface area (Å²) in [6, 6.07) is 13.3. The lowest BCUT2D eigenvalue weighted by molar-refractivity contribution is -0.134.